The fraction of sp³-hybridized carbons (Fsp3) is 0.312. The first kappa shape index (κ1) is 13.8. The standard InChI is InChI=1S/C16H16N4O3/c1-10-4-2-3-5-14(10)22-9-13-12(11-6-7-11)8-23-15(13)20-16(21)17-18-19-20/h2-5,8,11H,6-7,9H2,1H3,(H,17,19,21). The van der Waals surface area contributed by atoms with E-state index in [0.29, 0.717) is 18.4 Å². The van der Waals surface area contributed by atoms with Gasteiger partial charge in [0, 0.05) is 5.56 Å². The van der Waals surface area contributed by atoms with E-state index < -0.39 is 5.69 Å². The molecular formula is C16H16N4O3. The van der Waals surface area contributed by atoms with Crippen LogP contribution in [0.25, 0.3) is 5.88 Å². The average molecular weight is 312 g/mol. The van der Waals surface area contributed by atoms with Crippen LogP contribution in [0, 0.1) is 6.92 Å². The summed E-state index contributed by atoms with van der Waals surface area (Å²) in [6.45, 7) is 2.32. The van der Waals surface area contributed by atoms with Gasteiger partial charge in [0.15, 0.2) is 0 Å². The molecule has 7 heteroatoms. The Labute approximate surface area is 131 Å². The number of para-hydroxylation sites is 1. The molecule has 0 unspecified atom stereocenters. The van der Waals surface area contributed by atoms with Crippen molar-refractivity contribution in [2.75, 3.05) is 0 Å². The minimum absolute atomic E-state index is 0.321. The van der Waals surface area contributed by atoms with E-state index in [4.69, 9.17) is 9.15 Å². The number of aromatic nitrogens is 4. The summed E-state index contributed by atoms with van der Waals surface area (Å²) in [6, 6.07) is 7.82. The SMILES string of the molecule is Cc1ccccc1OCc1c(C2CC2)coc1-n1nn[nH]c1=O. The Morgan fingerprint density at radius 3 is 2.91 bits per heavy atom. The molecular weight excluding hydrogens is 296 g/mol. The topological polar surface area (TPSA) is 85.9 Å². The number of aryl methyl sites for hydroxylation is 1. The smallest absolute Gasteiger partial charge is 0.368 e. The molecule has 1 N–H and O–H groups in total. The Hall–Kier alpha value is -2.83. The predicted molar refractivity (Wildman–Crippen MR) is 81.7 cm³/mol. The second kappa shape index (κ2) is 5.42. The van der Waals surface area contributed by atoms with E-state index in [0.717, 1.165) is 40.0 Å². The van der Waals surface area contributed by atoms with Crippen LogP contribution in [0.3, 0.4) is 0 Å². The third kappa shape index (κ3) is 2.54. The number of nitrogens with one attached hydrogen (secondary N) is 1. The molecule has 2 heterocycles. The number of benzene rings is 1. The van der Waals surface area contributed by atoms with Gasteiger partial charge < -0.3 is 9.15 Å². The summed E-state index contributed by atoms with van der Waals surface area (Å²) in [5.74, 6) is 1.67. The largest absolute Gasteiger partial charge is 0.488 e. The molecule has 0 amide bonds. The summed E-state index contributed by atoms with van der Waals surface area (Å²) >= 11 is 0. The van der Waals surface area contributed by atoms with Crippen LogP contribution in [-0.4, -0.2) is 20.2 Å². The third-order valence-corrected chi connectivity index (χ3v) is 4.05. The van der Waals surface area contributed by atoms with Crippen molar-refractivity contribution in [2.45, 2.75) is 32.3 Å². The molecule has 0 aliphatic heterocycles. The zero-order chi connectivity index (χ0) is 15.8. The van der Waals surface area contributed by atoms with Gasteiger partial charge in [-0.3, -0.25) is 0 Å². The number of nitrogens with zero attached hydrogens (tertiary/aromatic N) is 3. The molecule has 1 fully saturated rings. The molecule has 3 aromatic rings. The maximum absolute atomic E-state index is 11.8. The van der Waals surface area contributed by atoms with Crippen molar-refractivity contribution in [3.8, 4) is 11.6 Å². The minimum atomic E-state index is -0.432. The first-order valence-electron chi connectivity index (χ1n) is 7.53. The van der Waals surface area contributed by atoms with Crippen molar-refractivity contribution in [3.05, 3.63) is 57.7 Å². The van der Waals surface area contributed by atoms with Crippen LogP contribution < -0.4 is 10.4 Å². The summed E-state index contributed by atoms with van der Waals surface area (Å²) in [5.41, 5.74) is 2.57. The molecule has 4 rings (SSSR count). The lowest BCUT2D eigenvalue weighted by molar-refractivity contribution is 0.300. The first-order valence-corrected chi connectivity index (χ1v) is 7.53. The number of furan rings is 1. The Bertz CT molecular complexity index is 889. The number of ether oxygens (including phenoxy) is 1. The number of hydrogen-bond acceptors (Lipinski definition) is 5. The first-order chi connectivity index (χ1) is 11.2. The van der Waals surface area contributed by atoms with Gasteiger partial charge >= 0.3 is 5.69 Å². The highest BCUT2D eigenvalue weighted by Crippen LogP contribution is 2.43. The van der Waals surface area contributed by atoms with Gasteiger partial charge in [0.05, 0.1) is 11.8 Å². The van der Waals surface area contributed by atoms with Crippen molar-refractivity contribution in [2.24, 2.45) is 0 Å². The highest BCUT2D eigenvalue weighted by Gasteiger charge is 2.31. The molecule has 0 radical (unpaired) electrons. The Morgan fingerprint density at radius 1 is 1.39 bits per heavy atom. The van der Waals surface area contributed by atoms with Gasteiger partial charge in [-0.25, -0.2) is 9.89 Å². The van der Waals surface area contributed by atoms with Crippen molar-refractivity contribution in [3.63, 3.8) is 0 Å². The summed E-state index contributed by atoms with van der Waals surface area (Å²) in [6.07, 6.45) is 3.96. The van der Waals surface area contributed by atoms with Crippen molar-refractivity contribution < 1.29 is 9.15 Å². The monoisotopic (exact) mass is 312 g/mol. The lowest BCUT2D eigenvalue weighted by Crippen LogP contribution is -2.17. The molecule has 2 aromatic heterocycles. The van der Waals surface area contributed by atoms with Crippen molar-refractivity contribution in [1.29, 1.82) is 0 Å². The molecule has 7 nitrogen and oxygen atoms in total. The summed E-state index contributed by atoms with van der Waals surface area (Å²) < 4.78 is 12.7. The van der Waals surface area contributed by atoms with Crippen LogP contribution in [0.15, 0.2) is 39.7 Å². The average Bonchev–Trinajstić information content (AvgIpc) is 3.18. The number of aromatic amines is 1. The molecule has 0 spiro atoms. The van der Waals surface area contributed by atoms with Gasteiger partial charge in [-0.2, -0.15) is 0 Å². The Morgan fingerprint density at radius 2 is 2.22 bits per heavy atom. The van der Waals surface area contributed by atoms with Gasteiger partial charge in [0.25, 0.3) is 0 Å². The van der Waals surface area contributed by atoms with E-state index in [-0.39, 0.29) is 0 Å². The minimum Gasteiger partial charge on any atom is -0.488 e. The second-order valence-corrected chi connectivity index (χ2v) is 5.72. The molecule has 1 aliphatic carbocycles. The van der Waals surface area contributed by atoms with E-state index in [1.807, 2.05) is 31.2 Å². The fourth-order valence-corrected chi connectivity index (χ4v) is 2.64. The van der Waals surface area contributed by atoms with Gasteiger partial charge in [0.1, 0.15) is 12.4 Å². The third-order valence-electron chi connectivity index (χ3n) is 4.05. The summed E-state index contributed by atoms with van der Waals surface area (Å²) in [5, 5.41) is 9.55. The van der Waals surface area contributed by atoms with E-state index in [1.54, 1.807) is 6.26 Å². The normalized spacial score (nSPS) is 14.1. The predicted octanol–water partition coefficient (Wildman–Crippen LogP) is 2.31. The maximum atomic E-state index is 11.8. The highest BCUT2D eigenvalue weighted by molar-refractivity contribution is 5.41. The van der Waals surface area contributed by atoms with E-state index in [9.17, 15) is 4.79 Å². The highest BCUT2D eigenvalue weighted by atomic mass is 16.5. The van der Waals surface area contributed by atoms with E-state index in [1.165, 1.54) is 0 Å². The molecule has 1 aliphatic rings. The lowest BCUT2D eigenvalue weighted by atomic mass is 10.1. The molecule has 0 bridgehead atoms. The Kier molecular flexibility index (Phi) is 3.25. The zero-order valence-corrected chi connectivity index (χ0v) is 12.7. The molecule has 118 valence electrons. The summed E-state index contributed by atoms with van der Waals surface area (Å²) in [7, 11) is 0. The fourth-order valence-electron chi connectivity index (χ4n) is 2.64. The molecule has 1 saturated carbocycles. The van der Waals surface area contributed by atoms with Crippen LogP contribution in [0.1, 0.15) is 35.4 Å². The zero-order valence-electron chi connectivity index (χ0n) is 12.7. The number of H-pyrrole nitrogens is 1. The Balaban J connectivity index is 1.69. The van der Waals surface area contributed by atoms with Crippen LogP contribution in [0.2, 0.25) is 0 Å². The molecule has 1 aromatic carbocycles. The quantitative estimate of drug-likeness (QED) is 0.781. The van der Waals surface area contributed by atoms with E-state index in [2.05, 4.69) is 15.5 Å². The van der Waals surface area contributed by atoms with Gasteiger partial charge in [-0.05, 0) is 47.7 Å². The maximum Gasteiger partial charge on any atom is 0.368 e. The van der Waals surface area contributed by atoms with Gasteiger partial charge in [-0.15, -0.1) is 4.68 Å². The van der Waals surface area contributed by atoms with Crippen molar-refractivity contribution in [1.82, 2.24) is 20.2 Å². The van der Waals surface area contributed by atoms with Crippen LogP contribution >= 0.6 is 0 Å². The van der Waals surface area contributed by atoms with Crippen molar-refractivity contribution >= 4 is 0 Å². The van der Waals surface area contributed by atoms with Gasteiger partial charge in [-0.1, -0.05) is 18.2 Å². The summed E-state index contributed by atoms with van der Waals surface area (Å²) in [4.78, 5) is 11.8. The van der Waals surface area contributed by atoms with Crippen LogP contribution in [0.5, 0.6) is 5.75 Å². The number of hydrogen-bond donors (Lipinski definition) is 1. The number of rotatable bonds is 5. The van der Waals surface area contributed by atoms with Gasteiger partial charge in [0.2, 0.25) is 5.88 Å². The molecule has 23 heavy (non-hydrogen) atoms. The van der Waals surface area contributed by atoms with Crippen LogP contribution in [0.4, 0.5) is 0 Å². The number of tetrazole rings is 1. The molecule has 0 atom stereocenters. The second-order valence-electron chi connectivity index (χ2n) is 5.72. The lowest BCUT2D eigenvalue weighted by Gasteiger charge is -2.10. The van der Waals surface area contributed by atoms with E-state index >= 15 is 0 Å². The van der Waals surface area contributed by atoms with Crippen LogP contribution in [-0.2, 0) is 6.61 Å². The molecule has 0 saturated heterocycles.